The normalized spacial score (nSPS) is 11.1. The molecule has 0 radical (unpaired) electrons. The zero-order chi connectivity index (χ0) is 20.4. The van der Waals surface area contributed by atoms with Crippen molar-refractivity contribution in [2.45, 2.75) is 13.0 Å². The molecule has 1 N–H and O–H groups in total. The van der Waals surface area contributed by atoms with Gasteiger partial charge in [0, 0.05) is 11.1 Å². The van der Waals surface area contributed by atoms with Gasteiger partial charge in [-0.05, 0) is 29.8 Å². The Morgan fingerprint density at radius 3 is 2.31 bits per heavy atom. The number of hydrogen-bond donors (Lipinski definition) is 1. The molecule has 10 heteroatoms. The highest BCUT2D eigenvalue weighted by molar-refractivity contribution is 5.88. The Balaban J connectivity index is 1.46. The first-order valence-electron chi connectivity index (χ1n) is 8.44. The third-order valence-electron chi connectivity index (χ3n) is 4.14. The van der Waals surface area contributed by atoms with E-state index in [2.05, 4.69) is 20.5 Å². The van der Waals surface area contributed by atoms with Crippen LogP contribution in [0, 0.1) is 0 Å². The molecular formula is C19H13F2N5O3. The second-order valence-electron chi connectivity index (χ2n) is 6.13. The molecule has 0 aliphatic heterocycles. The van der Waals surface area contributed by atoms with Crippen molar-refractivity contribution in [2.75, 3.05) is 0 Å². The highest BCUT2D eigenvalue weighted by Gasteiger charge is 2.17. The maximum absolute atomic E-state index is 12.5. The van der Waals surface area contributed by atoms with Crippen LogP contribution in [0.2, 0.25) is 0 Å². The van der Waals surface area contributed by atoms with E-state index in [0.717, 1.165) is 11.1 Å². The van der Waals surface area contributed by atoms with E-state index in [1.807, 2.05) is 0 Å². The summed E-state index contributed by atoms with van der Waals surface area (Å²) in [4.78, 5) is 10.9. The number of aromatic carboxylic acids is 1. The number of rotatable bonds is 6. The summed E-state index contributed by atoms with van der Waals surface area (Å²) in [7, 11) is 0. The van der Waals surface area contributed by atoms with E-state index < -0.39 is 18.3 Å². The average Bonchev–Trinajstić information content (AvgIpc) is 3.39. The average molecular weight is 397 g/mol. The van der Waals surface area contributed by atoms with Gasteiger partial charge in [0.05, 0.1) is 18.3 Å². The minimum Gasteiger partial charge on any atom is -0.478 e. The third-order valence-corrected chi connectivity index (χ3v) is 4.14. The van der Waals surface area contributed by atoms with Crippen molar-refractivity contribution < 1.29 is 23.1 Å². The van der Waals surface area contributed by atoms with E-state index in [1.54, 1.807) is 47.3 Å². The molecule has 0 unspecified atom stereocenters. The van der Waals surface area contributed by atoms with E-state index in [-0.39, 0.29) is 11.5 Å². The number of nitrogens with zero attached hydrogens (tertiary/aromatic N) is 5. The first-order chi connectivity index (χ1) is 14.0. The van der Waals surface area contributed by atoms with Crippen LogP contribution in [-0.2, 0) is 6.54 Å². The van der Waals surface area contributed by atoms with Crippen LogP contribution in [0.1, 0.15) is 28.2 Å². The van der Waals surface area contributed by atoms with Gasteiger partial charge in [0.15, 0.2) is 0 Å². The molecular weight excluding hydrogens is 384 g/mol. The summed E-state index contributed by atoms with van der Waals surface area (Å²) in [6, 6.07) is 13.3. The molecule has 2 aromatic carbocycles. The fourth-order valence-electron chi connectivity index (χ4n) is 2.67. The zero-order valence-electron chi connectivity index (χ0n) is 14.7. The molecule has 0 saturated carbocycles. The second-order valence-corrected chi connectivity index (χ2v) is 6.13. The Morgan fingerprint density at radius 1 is 1.00 bits per heavy atom. The lowest BCUT2D eigenvalue weighted by Gasteiger charge is -2.02. The summed E-state index contributed by atoms with van der Waals surface area (Å²) in [6.45, 7) is 0.437. The van der Waals surface area contributed by atoms with Gasteiger partial charge in [-0.1, -0.05) is 29.5 Å². The quantitative estimate of drug-likeness (QED) is 0.529. The largest absolute Gasteiger partial charge is 0.478 e. The van der Waals surface area contributed by atoms with Gasteiger partial charge in [0.2, 0.25) is 5.89 Å². The van der Waals surface area contributed by atoms with E-state index in [4.69, 9.17) is 9.52 Å². The number of carbonyl (C=O) groups is 1. The summed E-state index contributed by atoms with van der Waals surface area (Å²) in [5, 5.41) is 24.1. The predicted molar refractivity (Wildman–Crippen MR) is 96.2 cm³/mol. The van der Waals surface area contributed by atoms with Gasteiger partial charge in [-0.25, -0.2) is 9.48 Å². The molecule has 8 nitrogen and oxygen atoms in total. The molecule has 0 fully saturated rings. The smallest absolute Gasteiger partial charge is 0.335 e. The molecule has 0 aliphatic carbocycles. The van der Waals surface area contributed by atoms with Gasteiger partial charge in [0.1, 0.15) is 5.69 Å². The number of benzene rings is 2. The molecule has 29 heavy (non-hydrogen) atoms. The number of alkyl halides is 2. The summed E-state index contributed by atoms with van der Waals surface area (Å²) in [5.74, 6) is -1.68. The molecule has 0 bridgehead atoms. The predicted octanol–water partition coefficient (Wildman–Crippen LogP) is 3.68. The van der Waals surface area contributed by atoms with Crippen LogP contribution in [0.4, 0.5) is 8.78 Å². The number of aromatic nitrogens is 5. The monoisotopic (exact) mass is 397 g/mol. The van der Waals surface area contributed by atoms with Gasteiger partial charge < -0.3 is 9.52 Å². The number of halogens is 2. The minimum absolute atomic E-state index is 0.0275. The van der Waals surface area contributed by atoms with E-state index in [0.29, 0.717) is 17.8 Å². The highest BCUT2D eigenvalue weighted by Crippen LogP contribution is 2.24. The Hall–Kier alpha value is -3.95. The van der Waals surface area contributed by atoms with Crippen molar-refractivity contribution in [3.8, 4) is 22.7 Å². The highest BCUT2D eigenvalue weighted by atomic mass is 19.3. The standard InChI is InChI=1S/C19H13F2N5O3/c20-16(21)18-24-23-17(29-18)13-3-1-11(2-4-13)9-26-10-15(22-25-26)12-5-7-14(8-6-12)19(27)28/h1-8,10,16H,9H2,(H,27,28). The van der Waals surface area contributed by atoms with Crippen molar-refractivity contribution in [1.82, 2.24) is 25.2 Å². The topological polar surface area (TPSA) is 107 Å². The first-order valence-corrected chi connectivity index (χ1v) is 8.44. The van der Waals surface area contributed by atoms with Crippen molar-refractivity contribution in [3.63, 3.8) is 0 Å². The lowest BCUT2D eigenvalue weighted by atomic mass is 10.1. The van der Waals surface area contributed by atoms with E-state index >= 15 is 0 Å². The molecule has 4 rings (SSSR count). The first kappa shape index (κ1) is 18.4. The lowest BCUT2D eigenvalue weighted by molar-refractivity contribution is 0.0697. The van der Waals surface area contributed by atoms with Gasteiger partial charge in [-0.2, -0.15) is 8.78 Å². The Kier molecular flexibility index (Phi) is 4.82. The van der Waals surface area contributed by atoms with E-state index in [9.17, 15) is 13.6 Å². The van der Waals surface area contributed by atoms with Crippen LogP contribution >= 0.6 is 0 Å². The van der Waals surface area contributed by atoms with Crippen LogP contribution in [-0.4, -0.2) is 36.3 Å². The van der Waals surface area contributed by atoms with Crippen LogP contribution in [0.15, 0.2) is 59.1 Å². The lowest BCUT2D eigenvalue weighted by Crippen LogP contribution is -2.00. The summed E-state index contributed by atoms with van der Waals surface area (Å²) >= 11 is 0. The van der Waals surface area contributed by atoms with Crippen LogP contribution in [0.3, 0.4) is 0 Å². The van der Waals surface area contributed by atoms with Crippen LogP contribution in [0.25, 0.3) is 22.7 Å². The Morgan fingerprint density at radius 2 is 1.69 bits per heavy atom. The molecule has 2 heterocycles. The van der Waals surface area contributed by atoms with Crippen molar-refractivity contribution >= 4 is 5.97 Å². The van der Waals surface area contributed by atoms with Crippen molar-refractivity contribution in [2.24, 2.45) is 0 Å². The molecule has 0 amide bonds. The Labute approximate surface area is 162 Å². The van der Waals surface area contributed by atoms with Gasteiger partial charge in [-0.15, -0.1) is 15.3 Å². The zero-order valence-corrected chi connectivity index (χ0v) is 14.7. The minimum atomic E-state index is -2.81. The maximum Gasteiger partial charge on any atom is 0.335 e. The SMILES string of the molecule is O=C(O)c1ccc(-c2cn(Cc3ccc(-c4nnc(C(F)F)o4)cc3)nn2)cc1. The van der Waals surface area contributed by atoms with E-state index in [1.165, 1.54) is 12.1 Å². The fraction of sp³-hybridized carbons (Fsp3) is 0.105. The molecule has 0 aliphatic rings. The molecule has 0 saturated heterocycles. The fourth-order valence-corrected chi connectivity index (χ4v) is 2.67. The molecule has 0 atom stereocenters. The van der Waals surface area contributed by atoms with Gasteiger partial charge >= 0.3 is 12.4 Å². The number of hydrogen-bond acceptors (Lipinski definition) is 6. The maximum atomic E-state index is 12.5. The summed E-state index contributed by atoms with van der Waals surface area (Å²) < 4.78 is 31.7. The molecule has 146 valence electrons. The van der Waals surface area contributed by atoms with Crippen LogP contribution in [0.5, 0.6) is 0 Å². The third kappa shape index (κ3) is 4.00. The van der Waals surface area contributed by atoms with Gasteiger partial charge in [-0.3, -0.25) is 0 Å². The van der Waals surface area contributed by atoms with Crippen LogP contribution < -0.4 is 0 Å². The molecule has 4 aromatic rings. The Bertz CT molecular complexity index is 1140. The summed E-state index contributed by atoms with van der Waals surface area (Å²) in [5.41, 5.74) is 3.00. The number of carboxylic acids is 1. The number of carboxylic acid groups (broad SMARTS) is 1. The van der Waals surface area contributed by atoms with Crippen molar-refractivity contribution in [1.29, 1.82) is 0 Å². The second kappa shape index (κ2) is 7.58. The molecule has 0 spiro atoms. The molecule has 2 aromatic heterocycles. The summed E-state index contributed by atoms with van der Waals surface area (Å²) in [6.07, 6.45) is -1.06. The van der Waals surface area contributed by atoms with Crippen molar-refractivity contribution in [3.05, 3.63) is 71.7 Å². The van der Waals surface area contributed by atoms with Gasteiger partial charge in [0.25, 0.3) is 5.89 Å².